The first kappa shape index (κ1) is 20.2. The van der Waals surface area contributed by atoms with Gasteiger partial charge in [0.05, 0.1) is 0 Å². The highest BCUT2D eigenvalue weighted by atomic mass is 32.2. The van der Waals surface area contributed by atoms with E-state index in [0.29, 0.717) is 18.0 Å². The molecule has 0 saturated carbocycles. The minimum Gasteiger partial charge on any atom is -0.505 e. The molecule has 0 aliphatic carbocycles. The second-order valence-electron chi connectivity index (χ2n) is 6.72. The standard InChI is InChI=1S/C21H25N3O3S/c1-4-5-6-16-11-14(2)12-20(21(16)26)24-22-18-8-7-17(13-19(18)23-24)28-10-9-27-15(3)25/h7-8,11-13,26H,4-6,9-10H2,1-3H3. The zero-order valence-electron chi connectivity index (χ0n) is 16.4. The zero-order valence-corrected chi connectivity index (χ0v) is 17.3. The van der Waals surface area contributed by atoms with Crippen molar-refractivity contribution in [3.05, 3.63) is 41.5 Å². The highest BCUT2D eigenvalue weighted by molar-refractivity contribution is 7.99. The molecular weight excluding hydrogens is 374 g/mol. The molecule has 3 rings (SSSR count). The Balaban J connectivity index is 1.84. The number of aromatic hydroxyl groups is 1. The van der Waals surface area contributed by atoms with Gasteiger partial charge in [0, 0.05) is 17.6 Å². The van der Waals surface area contributed by atoms with Crippen LogP contribution in [0.25, 0.3) is 16.7 Å². The third kappa shape index (κ3) is 4.84. The first-order valence-electron chi connectivity index (χ1n) is 9.44. The normalized spacial score (nSPS) is 11.1. The Hall–Kier alpha value is -2.54. The largest absolute Gasteiger partial charge is 0.505 e. The summed E-state index contributed by atoms with van der Waals surface area (Å²) in [5, 5.41) is 19.8. The molecule has 0 fully saturated rings. The van der Waals surface area contributed by atoms with Crippen molar-refractivity contribution >= 4 is 28.8 Å². The molecule has 0 aliphatic rings. The molecule has 148 valence electrons. The first-order valence-corrected chi connectivity index (χ1v) is 10.4. The van der Waals surface area contributed by atoms with Crippen molar-refractivity contribution < 1.29 is 14.6 Å². The van der Waals surface area contributed by atoms with E-state index in [1.807, 2.05) is 37.3 Å². The van der Waals surface area contributed by atoms with Crippen LogP contribution in [0, 0.1) is 6.92 Å². The third-order valence-corrected chi connectivity index (χ3v) is 5.30. The number of nitrogens with zero attached hydrogens (tertiary/aromatic N) is 3. The molecule has 0 radical (unpaired) electrons. The van der Waals surface area contributed by atoms with Gasteiger partial charge in [0.1, 0.15) is 29.1 Å². The van der Waals surface area contributed by atoms with E-state index in [9.17, 15) is 9.90 Å². The lowest BCUT2D eigenvalue weighted by Gasteiger charge is -2.10. The van der Waals surface area contributed by atoms with Gasteiger partial charge in [-0.1, -0.05) is 19.4 Å². The number of fused-ring (bicyclic) bond motifs is 1. The van der Waals surface area contributed by atoms with E-state index in [0.717, 1.165) is 46.3 Å². The summed E-state index contributed by atoms with van der Waals surface area (Å²) in [6.07, 6.45) is 2.93. The number of aromatic nitrogens is 3. The van der Waals surface area contributed by atoms with Crippen molar-refractivity contribution in [3.63, 3.8) is 0 Å². The van der Waals surface area contributed by atoms with Crippen LogP contribution in [0.2, 0.25) is 0 Å². The summed E-state index contributed by atoms with van der Waals surface area (Å²) in [5.41, 5.74) is 4.13. The van der Waals surface area contributed by atoms with Gasteiger partial charge in [-0.3, -0.25) is 4.79 Å². The van der Waals surface area contributed by atoms with E-state index < -0.39 is 0 Å². The fourth-order valence-electron chi connectivity index (χ4n) is 2.98. The number of unbranched alkanes of at least 4 members (excludes halogenated alkanes) is 1. The van der Waals surface area contributed by atoms with E-state index in [-0.39, 0.29) is 11.7 Å². The van der Waals surface area contributed by atoms with Crippen molar-refractivity contribution in [2.24, 2.45) is 0 Å². The van der Waals surface area contributed by atoms with E-state index in [4.69, 9.17) is 4.74 Å². The van der Waals surface area contributed by atoms with Crippen molar-refractivity contribution in [2.75, 3.05) is 12.4 Å². The minimum absolute atomic E-state index is 0.246. The molecule has 1 N–H and O–H groups in total. The van der Waals surface area contributed by atoms with Crippen LogP contribution in [0.3, 0.4) is 0 Å². The number of phenols is 1. The van der Waals surface area contributed by atoms with E-state index in [2.05, 4.69) is 17.1 Å². The van der Waals surface area contributed by atoms with Gasteiger partial charge in [-0.2, -0.15) is 0 Å². The predicted molar refractivity (Wildman–Crippen MR) is 111 cm³/mol. The molecule has 1 aromatic heterocycles. The summed E-state index contributed by atoms with van der Waals surface area (Å²) in [5.74, 6) is 0.657. The summed E-state index contributed by atoms with van der Waals surface area (Å²) in [4.78, 5) is 13.4. The molecule has 0 atom stereocenters. The van der Waals surface area contributed by atoms with Gasteiger partial charge in [-0.05, 0) is 55.2 Å². The summed E-state index contributed by atoms with van der Waals surface area (Å²) in [7, 11) is 0. The zero-order chi connectivity index (χ0) is 20.1. The molecule has 1 heterocycles. The number of aryl methyl sites for hydroxylation is 2. The molecule has 0 spiro atoms. The number of hydrogen-bond donors (Lipinski definition) is 1. The fraction of sp³-hybridized carbons (Fsp3) is 0.381. The van der Waals surface area contributed by atoms with Crippen LogP contribution in [0.4, 0.5) is 0 Å². The van der Waals surface area contributed by atoms with E-state index in [1.165, 1.54) is 11.7 Å². The Morgan fingerprint density at radius 1 is 1.21 bits per heavy atom. The highest BCUT2D eigenvalue weighted by Gasteiger charge is 2.14. The Bertz CT molecular complexity index is 984. The van der Waals surface area contributed by atoms with Gasteiger partial charge in [0.2, 0.25) is 0 Å². The number of rotatable bonds is 8. The second kappa shape index (κ2) is 9.10. The number of phenolic OH excluding ortho intramolecular Hbond substituents is 1. The van der Waals surface area contributed by atoms with Crippen molar-refractivity contribution in [2.45, 2.75) is 44.9 Å². The molecular formula is C21H25N3O3S. The summed E-state index contributed by atoms with van der Waals surface area (Å²) in [6, 6.07) is 9.77. The molecule has 0 aliphatic heterocycles. The Morgan fingerprint density at radius 3 is 2.75 bits per heavy atom. The molecule has 0 unspecified atom stereocenters. The van der Waals surface area contributed by atoms with Crippen LogP contribution in [-0.2, 0) is 16.0 Å². The molecule has 0 saturated heterocycles. The molecule has 3 aromatic rings. The van der Waals surface area contributed by atoms with E-state index in [1.54, 1.807) is 11.8 Å². The van der Waals surface area contributed by atoms with Crippen LogP contribution in [0.1, 0.15) is 37.8 Å². The molecule has 28 heavy (non-hydrogen) atoms. The maximum atomic E-state index is 10.8. The number of benzene rings is 2. The SMILES string of the molecule is CCCCc1cc(C)cc(-n2nc3ccc(SCCOC(C)=O)cc3n2)c1O. The average molecular weight is 400 g/mol. The van der Waals surface area contributed by atoms with Gasteiger partial charge >= 0.3 is 5.97 Å². The topological polar surface area (TPSA) is 77.2 Å². The van der Waals surface area contributed by atoms with Gasteiger partial charge in [0.25, 0.3) is 0 Å². The van der Waals surface area contributed by atoms with Crippen LogP contribution in [-0.4, -0.2) is 38.4 Å². The van der Waals surface area contributed by atoms with Crippen molar-refractivity contribution in [3.8, 4) is 11.4 Å². The van der Waals surface area contributed by atoms with Gasteiger partial charge in [0.15, 0.2) is 0 Å². The Kier molecular flexibility index (Phi) is 6.57. The number of ether oxygens (including phenoxy) is 1. The maximum Gasteiger partial charge on any atom is 0.302 e. The van der Waals surface area contributed by atoms with Gasteiger partial charge < -0.3 is 9.84 Å². The van der Waals surface area contributed by atoms with Crippen molar-refractivity contribution in [1.29, 1.82) is 0 Å². The fourth-order valence-corrected chi connectivity index (χ4v) is 3.74. The predicted octanol–water partition coefficient (Wildman–Crippen LogP) is 4.43. The smallest absolute Gasteiger partial charge is 0.302 e. The first-order chi connectivity index (χ1) is 13.5. The monoisotopic (exact) mass is 399 g/mol. The summed E-state index contributed by atoms with van der Waals surface area (Å²) < 4.78 is 4.96. The number of esters is 1. The number of thioether (sulfide) groups is 1. The number of hydrogen-bond acceptors (Lipinski definition) is 6. The molecule has 0 amide bonds. The quantitative estimate of drug-likeness (QED) is 0.343. The van der Waals surface area contributed by atoms with Gasteiger partial charge in [-0.15, -0.1) is 26.8 Å². The minimum atomic E-state index is -0.268. The van der Waals surface area contributed by atoms with Crippen LogP contribution in [0.5, 0.6) is 5.75 Å². The summed E-state index contributed by atoms with van der Waals surface area (Å²) >= 11 is 1.60. The average Bonchev–Trinajstić information content (AvgIpc) is 3.08. The second-order valence-corrected chi connectivity index (χ2v) is 7.89. The number of carbonyl (C=O) groups is 1. The highest BCUT2D eigenvalue weighted by Crippen LogP contribution is 2.30. The van der Waals surface area contributed by atoms with Crippen LogP contribution >= 0.6 is 11.8 Å². The molecule has 2 aromatic carbocycles. The lowest BCUT2D eigenvalue weighted by atomic mass is 10.0. The summed E-state index contributed by atoms with van der Waals surface area (Å²) in [6.45, 7) is 5.93. The molecule has 0 bridgehead atoms. The van der Waals surface area contributed by atoms with E-state index >= 15 is 0 Å². The Labute approximate surface area is 168 Å². The molecule has 6 nitrogen and oxygen atoms in total. The lowest BCUT2D eigenvalue weighted by Crippen LogP contribution is -2.02. The Morgan fingerprint density at radius 2 is 2.00 bits per heavy atom. The molecule has 7 heteroatoms. The number of carbonyl (C=O) groups excluding carboxylic acids is 1. The lowest BCUT2D eigenvalue weighted by molar-refractivity contribution is -0.140. The van der Waals surface area contributed by atoms with Crippen molar-refractivity contribution in [1.82, 2.24) is 15.0 Å². The maximum absolute atomic E-state index is 10.8. The van der Waals surface area contributed by atoms with Crippen LogP contribution < -0.4 is 0 Å². The van der Waals surface area contributed by atoms with Crippen LogP contribution in [0.15, 0.2) is 35.2 Å². The van der Waals surface area contributed by atoms with Gasteiger partial charge in [-0.25, -0.2) is 0 Å². The third-order valence-electron chi connectivity index (χ3n) is 4.34.